The van der Waals surface area contributed by atoms with E-state index >= 15 is 0 Å². The number of aromatic nitrogens is 2. The van der Waals surface area contributed by atoms with Crippen molar-refractivity contribution in [3.8, 4) is 22.6 Å². The average molecular weight is 519 g/mol. The number of methoxy groups -OCH3 is 1. The first-order chi connectivity index (χ1) is 17.5. The van der Waals surface area contributed by atoms with Crippen LogP contribution < -0.4 is 14.8 Å². The van der Waals surface area contributed by atoms with Crippen LogP contribution in [-0.4, -0.2) is 36.8 Å². The molecular formula is C28H30N4O4S. The van der Waals surface area contributed by atoms with Gasteiger partial charge in [-0.05, 0) is 69.7 Å². The summed E-state index contributed by atoms with van der Waals surface area (Å²) in [6, 6.07) is 22.9. The molecule has 0 spiro atoms. The standard InChI is InChI=1S/C28H30N4O4S/c1-19-17-25(32(30-19)22-9-8-10-23(18-22)36-5)27(33)29-21-15-13-20(14-16-21)24-11-6-7-12-26(24)37(34,35)31-28(2,3)4/h6-18,31H,1-5H3,(H,29,33). The third-order valence-corrected chi connectivity index (χ3v) is 7.25. The molecular weight excluding hydrogens is 488 g/mol. The Bertz CT molecular complexity index is 1540. The first-order valence-electron chi connectivity index (χ1n) is 11.7. The Balaban J connectivity index is 1.59. The minimum Gasteiger partial charge on any atom is -0.497 e. The van der Waals surface area contributed by atoms with Crippen LogP contribution in [0.25, 0.3) is 16.8 Å². The minimum atomic E-state index is -3.73. The van der Waals surface area contributed by atoms with E-state index in [1.165, 1.54) is 0 Å². The molecule has 192 valence electrons. The Morgan fingerprint density at radius 1 is 0.946 bits per heavy atom. The van der Waals surface area contributed by atoms with E-state index in [1.54, 1.807) is 93.2 Å². The molecule has 0 aliphatic rings. The smallest absolute Gasteiger partial charge is 0.274 e. The van der Waals surface area contributed by atoms with Gasteiger partial charge in [0.15, 0.2) is 0 Å². The van der Waals surface area contributed by atoms with E-state index in [0.717, 1.165) is 0 Å². The van der Waals surface area contributed by atoms with Gasteiger partial charge in [0.05, 0.1) is 23.4 Å². The van der Waals surface area contributed by atoms with Gasteiger partial charge in [-0.25, -0.2) is 17.8 Å². The van der Waals surface area contributed by atoms with Crippen LogP contribution in [0.3, 0.4) is 0 Å². The van der Waals surface area contributed by atoms with Crippen molar-refractivity contribution >= 4 is 21.6 Å². The van der Waals surface area contributed by atoms with Crippen molar-refractivity contribution in [3.05, 3.63) is 90.3 Å². The second-order valence-corrected chi connectivity index (χ2v) is 11.3. The molecule has 1 heterocycles. The molecule has 0 radical (unpaired) electrons. The van der Waals surface area contributed by atoms with E-state index in [-0.39, 0.29) is 10.8 Å². The fourth-order valence-corrected chi connectivity index (χ4v) is 5.58. The molecule has 1 amide bonds. The van der Waals surface area contributed by atoms with Gasteiger partial charge in [0.2, 0.25) is 10.0 Å². The fourth-order valence-electron chi connectivity index (χ4n) is 3.93. The van der Waals surface area contributed by atoms with Crippen LogP contribution in [-0.2, 0) is 10.0 Å². The highest BCUT2D eigenvalue weighted by Gasteiger charge is 2.25. The van der Waals surface area contributed by atoms with Gasteiger partial charge in [0, 0.05) is 22.9 Å². The molecule has 0 fully saturated rings. The largest absolute Gasteiger partial charge is 0.497 e. The van der Waals surface area contributed by atoms with Gasteiger partial charge < -0.3 is 10.1 Å². The number of nitrogens with zero attached hydrogens (tertiary/aromatic N) is 2. The number of carbonyl (C=O) groups is 1. The summed E-state index contributed by atoms with van der Waals surface area (Å²) in [4.78, 5) is 13.4. The minimum absolute atomic E-state index is 0.194. The predicted molar refractivity (Wildman–Crippen MR) is 145 cm³/mol. The molecule has 0 unspecified atom stereocenters. The fraction of sp³-hybridized carbons (Fsp3) is 0.214. The second-order valence-electron chi connectivity index (χ2n) is 9.67. The summed E-state index contributed by atoms with van der Waals surface area (Å²) >= 11 is 0. The average Bonchev–Trinajstić information content (AvgIpc) is 3.25. The molecule has 0 saturated heterocycles. The first kappa shape index (κ1) is 26.1. The van der Waals surface area contributed by atoms with Crippen molar-refractivity contribution < 1.29 is 17.9 Å². The number of sulfonamides is 1. The maximum Gasteiger partial charge on any atom is 0.274 e. The molecule has 0 aliphatic heterocycles. The van der Waals surface area contributed by atoms with E-state index in [1.807, 2.05) is 25.1 Å². The number of anilines is 1. The molecule has 4 rings (SSSR count). The highest BCUT2D eigenvalue weighted by Crippen LogP contribution is 2.29. The zero-order valence-corrected chi connectivity index (χ0v) is 22.3. The lowest BCUT2D eigenvalue weighted by Gasteiger charge is -2.21. The molecule has 37 heavy (non-hydrogen) atoms. The normalized spacial score (nSPS) is 11.8. The molecule has 0 bridgehead atoms. The molecule has 3 aromatic carbocycles. The van der Waals surface area contributed by atoms with Crippen molar-refractivity contribution in [3.63, 3.8) is 0 Å². The van der Waals surface area contributed by atoms with Gasteiger partial charge in [-0.3, -0.25) is 4.79 Å². The third-order valence-electron chi connectivity index (χ3n) is 5.43. The lowest BCUT2D eigenvalue weighted by atomic mass is 10.1. The maximum atomic E-state index is 13.2. The number of carbonyl (C=O) groups excluding carboxylic acids is 1. The van der Waals surface area contributed by atoms with Gasteiger partial charge in [-0.15, -0.1) is 0 Å². The van der Waals surface area contributed by atoms with Crippen LogP contribution in [0.15, 0.2) is 83.8 Å². The van der Waals surface area contributed by atoms with Crippen molar-refractivity contribution in [1.82, 2.24) is 14.5 Å². The number of hydrogen-bond acceptors (Lipinski definition) is 5. The van der Waals surface area contributed by atoms with Gasteiger partial charge in [0.25, 0.3) is 5.91 Å². The SMILES string of the molecule is COc1cccc(-n2nc(C)cc2C(=O)Nc2ccc(-c3ccccc3S(=O)(=O)NC(C)(C)C)cc2)c1. The quantitative estimate of drug-likeness (QED) is 0.351. The Morgan fingerprint density at radius 2 is 1.65 bits per heavy atom. The number of ether oxygens (including phenoxy) is 1. The molecule has 9 heteroatoms. The molecule has 0 aliphatic carbocycles. The summed E-state index contributed by atoms with van der Waals surface area (Å²) in [5.74, 6) is 0.334. The zero-order valence-electron chi connectivity index (χ0n) is 21.4. The maximum absolute atomic E-state index is 13.2. The van der Waals surface area contributed by atoms with Crippen LogP contribution in [0, 0.1) is 6.92 Å². The van der Waals surface area contributed by atoms with Crippen molar-refractivity contribution in [2.24, 2.45) is 0 Å². The Hall–Kier alpha value is -3.95. The number of hydrogen-bond donors (Lipinski definition) is 2. The molecule has 0 atom stereocenters. The number of aryl methyl sites for hydroxylation is 1. The Morgan fingerprint density at radius 3 is 2.32 bits per heavy atom. The monoisotopic (exact) mass is 518 g/mol. The van der Waals surface area contributed by atoms with Crippen molar-refractivity contribution in [2.45, 2.75) is 38.1 Å². The second kappa shape index (κ2) is 10.2. The molecule has 8 nitrogen and oxygen atoms in total. The number of nitrogens with one attached hydrogen (secondary N) is 2. The number of benzene rings is 3. The van der Waals surface area contributed by atoms with Crippen LogP contribution in [0.4, 0.5) is 5.69 Å². The summed E-state index contributed by atoms with van der Waals surface area (Å²) in [6.45, 7) is 7.22. The molecule has 2 N–H and O–H groups in total. The van der Waals surface area contributed by atoms with Crippen LogP contribution in [0.5, 0.6) is 5.75 Å². The summed E-state index contributed by atoms with van der Waals surface area (Å²) in [7, 11) is -2.15. The summed E-state index contributed by atoms with van der Waals surface area (Å²) < 4.78 is 35.6. The van der Waals surface area contributed by atoms with Crippen LogP contribution in [0.2, 0.25) is 0 Å². The molecule has 4 aromatic rings. The van der Waals surface area contributed by atoms with Crippen LogP contribution in [0.1, 0.15) is 37.0 Å². The van der Waals surface area contributed by atoms with E-state index in [2.05, 4.69) is 15.1 Å². The van der Waals surface area contributed by atoms with E-state index in [9.17, 15) is 13.2 Å². The first-order valence-corrected chi connectivity index (χ1v) is 13.2. The summed E-state index contributed by atoms with van der Waals surface area (Å²) in [5, 5.41) is 7.37. The third kappa shape index (κ3) is 6.07. The zero-order chi connectivity index (χ0) is 26.8. The number of rotatable bonds is 7. The van der Waals surface area contributed by atoms with Gasteiger partial charge >= 0.3 is 0 Å². The van der Waals surface area contributed by atoms with E-state index < -0.39 is 15.6 Å². The highest BCUT2D eigenvalue weighted by molar-refractivity contribution is 7.89. The molecule has 1 aromatic heterocycles. The summed E-state index contributed by atoms with van der Waals surface area (Å²) in [5.41, 5.74) is 3.02. The van der Waals surface area contributed by atoms with Crippen LogP contribution >= 0.6 is 0 Å². The van der Waals surface area contributed by atoms with E-state index in [0.29, 0.717) is 39.6 Å². The lowest BCUT2D eigenvalue weighted by Crippen LogP contribution is -2.40. The topological polar surface area (TPSA) is 102 Å². The van der Waals surface area contributed by atoms with E-state index in [4.69, 9.17) is 4.74 Å². The Labute approximate surface area is 217 Å². The van der Waals surface area contributed by atoms with Gasteiger partial charge in [-0.2, -0.15) is 5.10 Å². The van der Waals surface area contributed by atoms with Crippen molar-refractivity contribution in [1.29, 1.82) is 0 Å². The Kier molecular flexibility index (Phi) is 7.20. The van der Waals surface area contributed by atoms with Gasteiger partial charge in [-0.1, -0.05) is 36.4 Å². The number of amides is 1. The van der Waals surface area contributed by atoms with Crippen molar-refractivity contribution in [2.75, 3.05) is 12.4 Å². The lowest BCUT2D eigenvalue weighted by molar-refractivity contribution is 0.101. The molecule has 0 saturated carbocycles. The highest BCUT2D eigenvalue weighted by atomic mass is 32.2. The predicted octanol–water partition coefficient (Wildman–Crippen LogP) is 5.19. The van der Waals surface area contributed by atoms with Gasteiger partial charge in [0.1, 0.15) is 11.4 Å². The summed E-state index contributed by atoms with van der Waals surface area (Å²) in [6.07, 6.45) is 0.